The van der Waals surface area contributed by atoms with E-state index in [-0.39, 0.29) is 24.0 Å². The van der Waals surface area contributed by atoms with Crippen LogP contribution in [0.1, 0.15) is 43.6 Å². The first-order valence-electron chi connectivity index (χ1n) is 9.00. The SMILES string of the molecule is CCC(CC)CNC(=NC)NCc1ccc(-n2nc(C)cc2C)nc1.I. The molecular formula is C19H31IN6. The van der Waals surface area contributed by atoms with E-state index in [4.69, 9.17) is 0 Å². The molecule has 2 N–H and O–H groups in total. The number of aromatic nitrogens is 3. The van der Waals surface area contributed by atoms with Crippen molar-refractivity contribution in [2.24, 2.45) is 10.9 Å². The van der Waals surface area contributed by atoms with Crippen LogP contribution in [-0.4, -0.2) is 34.3 Å². The van der Waals surface area contributed by atoms with Crippen LogP contribution in [0, 0.1) is 19.8 Å². The van der Waals surface area contributed by atoms with Crippen LogP contribution in [0.4, 0.5) is 0 Å². The number of pyridine rings is 1. The van der Waals surface area contributed by atoms with Crippen molar-refractivity contribution in [3.63, 3.8) is 0 Å². The number of nitrogens with zero attached hydrogens (tertiary/aromatic N) is 4. The summed E-state index contributed by atoms with van der Waals surface area (Å²) in [7, 11) is 1.80. The minimum absolute atomic E-state index is 0. The van der Waals surface area contributed by atoms with Gasteiger partial charge in [0, 0.05) is 32.0 Å². The van der Waals surface area contributed by atoms with Crippen LogP contribution >= 0.6 is 24.0 Å². The predicted octanol–water partition coefficient (Wildman–Crippen LogP) is 3.60. The predicted molar refractivity (Wildman–Crippen MR) is 119 cm³/mol. The van der Waals surface area contributed by atoms with Gasteiger partial charge in [0.15, 0.2) is 11.8 Å². The highest BCUT2D eigenvalue weighted by Crippen LogP contribution is 2.10. The molecule has 0 fully saturated rings. The quantitative estimate of drug-likeness (QED) is 0.369. The van der Waals surface area contributed by atoms with E-state index >= 15 is 0 Å². The summed E-state index contributed by atoms with van der Waals surface area (Å²) in [5.74, 6) is 2.35. The van der Waals surface area contributed by atoms with Gasteiger partial charge in [0.2, 0.25) is 0 Å². The zero-order valence-corrected chi connectivity index (χ0v) is 18.7. The molecule has 6 nitrogen and oxygen atoms in total. The molecule has 0 bridgehead atoms. The monoisotopic (exact) mass is 470 g/mol. The van der Waals surface area contributed by atoms with Crippen molar-refractivity contribution in [3.8, 4) is 5.82 Å². The summed E-state index contributed by atoms with van der Waals surface area (Å²) in [5.41, 5.74) is 3.19. The Bertz CT molecular complexity index is 689. The molecule has 2 aromatic heterocycles. The molecule has 26 heavy (non-hydrogen) atoms. The van der Waals surface area contributed by atoms with E-state index in [2.05, 4.69) is 45.6 Å². The van der Waals surface area contributed by atoms with Crippen LogP contribution in [0.25, 0.3) is 5.82 Å². The molecule has 2 heterocycles. The normalized spacial score (nSPS) is 11.4. The van der Waals surface area contributed by atoms with Crippen molar-refractivity contribution < 1.29 is 0 Å². The Morgan fingerprint density at radius 2 is 1.92 bits per heavy atom. The van der Waals surface area contributed by atoms with E-state index in [0.29, 0.717) is 12.5 Å². The topological polar surface area (TPSA) is 67.1 Å². The summed E-state index contributed by atoms with van der Waals surface area (Å²) in [4.78, 5) is 8.81. The number of halogens is 1. The van der Waals surface area contributed by atoms with Crippen LogP contribution in [0.2, 0.25) is 0 Å². The summed E-state index contributed by atoms with van der Waals surface area (Å²) in [5, 5.41) is 11.2. The van der Waals surface area contributed by atoms with Crippen LogP contribution in [0.5, 0.6) is 0 Å². The fraction of sp³-hybridized carbons (Fsp3) is 0.526. The molecule has 0 unspecified atom stereocenters. The van der Waals surface area contributed by atoms with Gasteiger partial charge < -0.3 is 10.6 Å². The number of guanidine groups is 1. The minimum Gasteiger partial charge on any atom is -0.356 e. The Morgan fingerprint density at radius 3 is 2.42 bits per heavy atom. The molecule has 0 radical (unpaired) electrons. The maximum absolute atomic E-state index is 4.53. The molecule has 0 spiro atoms. The lowest BCUT2D eigenvalue weighted by Gasteiger charge is -2.16. The average molecular weight is 470 g/mol. The Kier molecular flexibility index (Phi) is 9.61. The first-order valence-corrected chi connectivity index (χ1v) is 9.00. The number of rotatable bonds is 7. The molecule has 0 amide bonds. The van der Waals surface area contributed by atoms with Gasteiger partial charge in [0.25, 0.3) is 0 Å². The molecule has 0 aliphatic rings. The molecule has 0 aliphatic heterocycles. The van der Waals surface area contributed by atoms with E-state index in [1.165, 1.54) is 12.8 Å². The van der Waals surface area contributed by atoms with Gasteiger partial charge in [-0.1, -0.05) is 32.8 Å². The van der Waals surface area contributed by atoms with Gasteiger partial charge >= 0.3 is 0 Å². The number of nitrogens with one attached hydrogen (secondary N) is 2. The highest BCUT2D eigenvalue weighted by molar-refractivity contribution is 14.0. The zero-order valence-electron chi connectivity index (χ0n) is 16.4. The van der Waals surface area contributed by atoms with Crippen molar-refractivity contribution in [1.29, 1.82) is 0 Å². The third-order valence-corrected chi connectivity index (χ3v) is 4.43. The largest absolute Gasteiger partial charge is 0.356 e. The molecule has 0 saturated heterocycles. The van der Waals surface area contributed by atoms with E-state index < -0.39 is 0 Å². The standard InChI is InChI=1S/C19H30N6.HI/c1-6-16(7-2)11-22-19(20-5)23-13-17-8-9-18(21-12-17)25-15(4)10-14(3)24-25;/h8-10,12,16H,6-7,11,13H2,1-5H3,(H2,20,22,23);1H. The molecular weight excluding hydrogens is 439 g/mol. The maximum atomic E-state index is 4.53. The van der Waals surface area contributed by atoms with E-state index in [1.807, 2.05) is 36.9 Å². The third-order valence-electron chi connectivity index (χ3n) is 4.43. The second kappa shape index (κ2) is 11.2. The van der Waals surface area contributed by atoms with Gasteiger partial charge in [-0.25, -0.2) is 9.67 Å². The van der Waals surface area contributed by atoms with Gasteiger partial charge in [-0.2, -0.15) is 5.10 Å². The Hall–Kier alpha value is -1.64. The summed E-state index contributed by atoms with van der Waals surface area (Å²) < 4.78 is 1.86. The molecule has 0 saturated carbocycles. The second-order valence-corrected chi connectivity index (χ2v) is 6.35. The van der Waals surface area contributed by atoms with Crippen molar-refractivity contribution in [2.75, 3.05) is 13.6 Å². The summed E-state index contributed by atoms with van der Waals surface area (Å²) in [6.07, 6.45) is 4.24. The van der Waals surface area contributed by atoms with Crippen LogP contribution < -0.4 is 10.6 Å². The molecule has 2 aromatic rings. The van der Waals surface area contributed by atoms with Gasteiger partial charge in [-0.3, -0.25) is 4.99 Å². The third kappa shape index (κ3) is 6.26. The number of aryl methyl sites for hydroxylation is 2. The molecule has 144 valence electrons. The van der Waals surface area contributed by atoms with Crippen molar-refractivity contribution in [2.45, 2.75) is 47.1 Å². The lowest BCUT2D eigenvalue weighted by atomic mass is 10.0. The zero-order chi connectivity index (χ0) is 18.2. The average Bonchev–Trinajstić information content (AvgIpc) is 2.97. The molecule has 0 aromatic carbocycles. The van der Waals surface area contributed by atoms with Gasteiger partial charge in [0.05, 0.1) is 5.69 Å². The first-order chi connectivity index (χ1) is 12.1. The van der Waals surface area contributed by atoms with Gasteiger partial charge in [-0.05, 0) is 37.5 Å². The Balaban J connectivity index is 0.00000338. The summed E-state index contributed by atoms with van der Waals surface area (Å²) in [6, 6.07) is 6.11. The fourth-order valence-electron chi connectivity index (χ4n) is 2.73. The first kappa shape index (κ1) is 22.4. The van der Waals surface area contributed by atoms with Crippen molar-refractivity contribution in [1.82, 2.24) is 25.4 Å². The highest BCUT2D eigenvalue weighted by Gasteiger charge is 2.07. The van der Waals surface area contributed by atoms with Crippen LogP contribution in [0.3, 0.4) is 0 Å². The fourth-order valence-corrected chi connectivity index (χ4v) is 2.73. The highest BCUT2D eigenvalue weighted by atomic mass is 127. The second-order valence-electron chi connectivity index (χ2n) is 6.35. The van der Waals surface area contributed by atoms with Crippen molar-refractivity contribution in [3.05, 3.63) is 41.3 Å². The molecule has 0 atom stereocenters. The van der Waals surface area contributed by atoms with Crippen molar-refractivity contribution >= 4 is 29.9 Å². The Morgan fingerprint density at radius 1 is 1.19 bits per heavy atom. The molecule has 7 heteroatoms. The number of hydrogen-bond acceptors (Lipinski definition) is 3. The van der Waals surface area contributed by atoms with Gasteiger partial charge in [0.1, 0.15) is 0 Å². The number of hydrogen-bond donors (Lipinski definition) is 2. The summed E-state index contributed by atoms with van der Waals surface area (Å²) >= 11 is 0. The minimum atomic E-state index is 0. The van der Waals surface area contributed by atoms with E-state index in [9.17, 15) is 0 Å². The lowest BCUT2D eigenvalue weighted by molar-refractivity contribution is 0.481. The Labute approximate surface area is 173 Å². The smallest absolute Gasteiger partial charge is 0.191 e. The lowest BCUT2D eigenvalue weighted by Crippen LogP contribution is -2.39. The summed E-state index contributed by atoms with van der Waals surface area (Å²) in [6.45, 7) is 10.1. The van der Waals surface area contributed by atoms with E-state index in [0.717, 1.165) is 35.3 Å². The number of aliphatic imine (C=N–C) groups is 1. The molecule has 2 rings (SSSR count). The van der Waals surface area contributed by atoms with Crippen LogP contribution in [-0.2, 0) is 6.54 Å². The van der Waals surface area contributed by atoms with Crippen LogP contribution in [0.15, 0.2) is 29.4 Å². The maximum Gasteiger partial charge on any atom is 0.191 e. The molecule has 0 aliphatic carbocycles. The van der Waals surface area contributed by atoms with E-state index in [1.54, 1.807) is 7.05 Å². The van der Waals surface area contributed by atoms with Gasteiger partial charge in [-0.15, -0.1) is 24.0 Å².